The number of aromatic carboxylic acids is 1. The molecule has 0 spiro atoms. The highest BCUT2D eigenvalue weighted by atomic mass is 35.5. The van der Waals surface area contributed by atoms with Crippen molar-refractivity contribution >= 4 is 62.9 Å². The zero-order chi connectivity index (χ0) is 18.8. The van der Waals surface area contributed by atoms with Gasteiger partial charge in [-0.3, -0.25) is 5.43 Å². The zero-order valence-corrected chi connectivity index (χ0v) is 15.7. The molecule has 0 bridgehead atoms. The fraction of sp³-hybridized carbons (Fsp3) is 0.0556. The molecule has 26 heavy (non-hydrogen) atoms. The Balaban J connectivity index is 1.97. The molecule has 0 aliphatic rings. The number of pyridine rings is 1. The molecule has 0 fully saturated rings. The number of aromatic nitrogens is 1. The second-order valence-corrected chi connectivity index (χ2v) is 6.54. The molecule has 3 aromatic rings. The van der Waals surface area contributed by atoms with Gasteiger partial charge in [-0.1, -0.05) is 71.2 Å². The number of nitrogens with one attached hydrogen (secondary N) is 1. The lowest BCUT2D eigenvalue weighted by atomic mass is 10.0. The van der Waals surface area contributed by atoms with Crippen LogP contribution in [0.1, 0.15) is 23.0 Å². The summed E-state index contributed by atoms with van der Waals surface area (Å²) < 4.78 is 0. The van der Waals surface area contributed by atoms with Crippen LogP contribution in [0, 0.1) is 0 Å². The number of carboxylic acids is 1. The Morgan fingerprint density at radius 3 is 2.46 bits per heavy atom. The molecule has 0 radical (unpaired) electrons. The number of hydrogen-bond donors (Lipinski definition) is 2. The van der Waals surface area contributed by atoms with Crippen molar-refractivity contribution < 1.29 is 9.90 Å². The summed E-state index contributed by atoms with van der Waals surface area (Å²) in [7, 11) is 0. The van der Waals surface area contributed by atoms with E-state index < -0.39 is 11.7 Å². The van der Waals surface area contributed by atoms with E-state index in [4.69, 9.17) is 39.9 Å². The van der Waals surface area contributed by atoms with Gasteiger partial charge >= 0.3 is 5.97 Å². The van der Waals surface area contributed by atoms with Crippen molar-refractivity contribution in [3.8, 4) is 0 Å². The number of carboxylic acid groups (broad SMARTS) is 1. The second-order valence-electron chi connectivity index (χ2n) is 5.43. The molecule has 0 atom stereocenters. The van der Waals surface area contributed by atoms with Gasteiger partial charge in [-0.25, -0.2) is 9.78 Å². The molecule has 3 rings (SSSR count). The number of hydrogen-bond acceptors (Lipinski definition) is 4. The lowest BCUT2D eigenvalue weighted by Crippen LogP contribution is -2.06. The molecule has 0 aliphatic carbocycles. The number of benzene rings is 2. The minimum absolute atomic E-state index is 0.00303. The predicted molar refractivity (Wildman–Crippen MR) is 106 cm³/mol. The Morgan fingerprint density at radius 2 is 1.77 bits per heavy atom. The third-order valence-corrected chi connectivity index (χ3v) is 4.85. The first-order chi connectivity index (χ1) is 12.4. The summed E-state index contributed by atoms with van der Waals surface area (Å²) in [4.78, 5) is 14.9. The molecular weight excluding hydrogens is 397 g/mol. The van der Waals surface area contributed by atoms with Gasteiger partial charge in [0.2, 0.25) is 0 Å². The summed E-state index contributed by atoms with van der Waals surface area (Å²) in [5.41, 5.74) is 3.94. The molecule has 0 saturated heterocycles. The fourth-order valence-corrected chi connectivity index (χ4v) is 3.04. The quantitative estimate of drug-likeness (QED) is 0.328. The van der Waals surface area contributed by atoms with E-state index in [1.54, 1.807) is 6.92 Å². The van der Waals surface area contributed by atoms with Crippen LogP contribution in [-0.4, -0.2) is 21.8 Å². The van der Waals surface area contributed by atoms with E-state index in [0.717, 1.165) is 16.3 Å². The molecule has 1 aromatic heterocycles. The highest BCUT2D eigenvalue weighted by Gasteiger charge is 2.20. The molecule has 5 nitrogen and oxygen atoms in total. The standard InChI is InChI=1S/C18H12Cl3N3O2/c1-9(11-7-6-10-4-2-3-5-12(10)8-11)23-24-15-13(19)16(18(25)26)22-17(21)14(15)20/h2-8H,1H3,(H,22,24)(H,25,26)/b23-9+. The smallest absolute Gasteiger partial charge is 0.356 e. The van der Waals surface area contributed by atoms with E-state index in [-0.39, 0.29) is 20.9 Å². The molecule has 0 amide bonds. The third-order valence-electron chi connectivity index (χ3n) is 3.74. The Morgan fingerprint density at radius 1 is 1.08 bits per heavy atom. The van der Waals surface area contributed by atoms with Crippen LogP contribution in [0.2, 0.25) is 15.2 Å². The van der Waals surface area contributed by atoms with Crippen LogP contribution >= 0.6 is 34.8 Å². The van der Waals surface area contributed by atoms with Crippen molar-refractivity contribution in [2.24, 2.45) is 5.10 Å². The zero-order valence-electron chi connectivity index (χ0n) is 13.4. The summed E-state index contributed by atoms with van der Waals surface area (Å²) in [6.07, 6.45) is 0. The number of nitrogens with zero attached hydrogens (tertiary/aromatic N) is 2. The number of anilines is 1. The SMILES string of the molecule is C/C(=N\Nc1c(Cl)c(Cl)nc(C(=O)O)c1Cl)c1ccc2ccccc2c1. The van der Waals surface area contributed by atoms with Gasteiger partial charge in [0.25, 0.3) is 0 Å². The van der Waals surface area contributed by atoms with E-state index in [9.17, 15) is 4.79 Å². The summed E-state index contributed by atoms with van der Waals surface area (Å²) in [6, 6.07) is 13.9. The molecule has 2 aromatic carbocycles. The Hall–Kier alpha value is -2.34. The van der Waals surface area contributed by atoms with E-state index >= 15 is 0 Å². The highest BCUT2D eigenvalue weighted by Crippen LogP contribution is 2.37. The summed E-state index contributed by atoms with van der Waals surface area (Å²) in [6.45, 7) is 1.81. The van der Waals surface area contributed by atoms with Gasteiger partial charge < -0.3 is 5.11 Å². The molecular formula is C18H12Cl3N3O2. The van der Waals surface area contributed by atoms with Gasteiger partial charge in [0, 0.05) is 0 Å². The number of carbonyl (C=O) groups is 1. The Labute approximate surface area is 164 Å². The van der Waals surface area contributed by atoms with Gasteiger partial charge in [0.1, 0.15) is 10.0 Å². The van der Waals surface area contributed by atoms with E-state index in [0.29, 0.717) is 5.71 Å². The predicted octanol–water partition coefficient (Wildman–Crippen LogP) is 5.73. The van der Waals surface area contributed by atoms with Crippen LogP contribution in [0.5, 0.6) is 0 Å². The van der Waals surface area contributed by atoms with Crippen LogP contribution < -0.4 is 5.43 Å². The van der Waals surface area contributed by atoms with Gasteiger partial charge in [-0.15, -0.1) is 0 Å². The average Bonchev–Trinajstić information content (AvgIpc) is 2.63. The largest absolute Gasteiger partial charge is 0.476 e. The number of halogens is 3. The van der Waals surface area contributed by atoms with Crippen molar-refractivity contribution in [2.75, 3.05) is 5.43 Å². The molecule has 2 N–H and O–H groups in total. The minimum Gasteiger partial charge on any atom is -0.476 e. The van der Waals surface area contributed by atoms with Crippen LogP contribution in [0.15, 0.2) is 47.6 Å². The molecule has 132 valence electrons. The second kappa shape index (κ2) is 7.50. The summed E-state index contributed by atoms with van der Waals surface area (Å²) >= 11 is 18.0. The van der Waals surface area contributed by atoms with Crippen LogP contribution in [-0.2, 0) is 0 Å². The van der Waals surface area contributed by atoms with E-state index in [2.05, 4.69) is 15.5 Å². The maximum atomic E-state index is 11.2. The Kier molecular flexibility index (Phi) is 5.32. The average molecular weight is 409 g/mol. The molecule has 0 aliphatic heterocycles. The molecule has 8 heteroatoms. The topological polar surface area (TPSA) is 74.6 Å². The van der Waals surface area contributed by atoms with Crippen molar-refractivity contribution in [1.82, 2.24) is 4.98 Å². The van der Waals surface area contributed by atoms with Crippen LogP contribution in [0.3, 0.4) is 0 Å². The van der Waals surface area contributed by atoms with Crippen molar-refractivity contribution in [3.05, 3.63) is 68.9 Å². The van der Waals surface area contributed by atoms with Gasteiger partial charge in [-0.05, 0) is 29.3 Å². The van der Waals surface area contributed by atoms with Gasteiger partial charge in [0.05, 0.1) is 11.4 Å². The first-order valence-electron chi connectivity index (χ1n) is 7.45. The van der Waals surface area contributed by atoms with Gasteiger partial charge in [0.15, 0.2) is 10.8 Å². The van der Waals surface area contributed by atoms with Crippen molar-refractivity contribution in [2.45, 2.75) is 6.92 Å². The fourth-order valence-electron chi connectivity index (χ4n) is 2.37. The van der Waals surface area contributed by atoms with Crippen LogP contribution in [0.4, 0.5) is 5.69 Å². The van der Waals surface area contributed by atoms with Crippen LogP contribution in [0.25, 0.3) is 10.8 Å². The maximum Gasteiger partial charge on any atom is 0.356 e. The number of rotatable bonds is 4. The van der Waals surface area contributed by atoms with E-state index in [1.807, 2.05) is 42.5 Å². The summed E-state index contributed by atoms with van der Waals surface area (Å²) in [5.74, 6) is -1.31. The first-order valence-corrected chi connectivity index (χ1v) is 8.59. The molecule has 1 heterocycles. The number of hydrazone groups is 1. The molecule has 0 unspecified atom stereocenters. The first kappa shape index (κ1) is 18.5. The lowest BCUT2D eigenvalue weighted by Gasteiger charge is -2.11. The normalized spacial score (nSPS) is 11.6. The van der Waals surface area contributed by atoms with Crippen molar-refractivity contribution in [1.29, 1.82) is 0 Å². The highest BCUT2D eigenvalue weighted by molar-refractivity contribution is 6.46. The monoisotopic (exact) mass is 407 g/mol. The Bertz CT molecular complexity index is 1050. The molecule has 0 saturated carbocycles. The van der Waals surface area contributed by atoms with E-state index in [1.165, 1.54) is 0 Å². The third kappa shape index (κ3) is 3.60. The van der Waals surface area contributed by atoms with Crippen molar-refractivity contribution in [3.63, 3.8) is 0 Å². The lowest BCUT2D eigenvalue weighted by molar-refractivity contribution is 0.0691. The maximum absolute atomic E-state index is 11.2. The minimum atomic E-state index is -1.31. The summed E-state index contributed by atoms with van der Waals surface area (Å²) in [5, 5.41) is 15.3. The van der Waals surface area contributed by atoms with Gasteiger partial charge in [-0.2, -0.15) is 5.10 Å². The number of fused-ring (bicyclic) bond motifs is 1.